The van der Waals surface area contributed by atoms with Crippen molar-refractivity contribution in [3.05, 3.63) is 160 Å². The lowest BCUT2D eigenvalue weighted by atomic mass is 9.93. The first-order valence-corrected chi connectivity index (χ1v) is 20.3. The highest BCUT2D eigenvalue weighted by Gasteiger charge is 2.13. The van der Waals surface area contributed by atoms with Crippen molar-refractivity contribution in [1.29, 1.82) is 0 Å². The van der Waals surface area contributed by atoms with Gasteiger partial charge in [-0.1, -0.05) is 124 Å². The van der Waals surface area contributed by atoms with Crippen molar-refractivity contribution < 1.29 is 0 Å². The SMILES string of the molecule is C#CCCN=C(NC(C)C)C1=C=CCC1.C1=CCC=C1.CC.CC.Cc1ccccc1-c1ccc(-c2ccc3c(c2)c2c(n3-c3ccccc3)=C=CC=2)cc1C. The van der Waals surface area contributed by atoms with Crippen LogP contribution in [0.3, 0.4) is 0 Å². The fourth-order valence-electron chi connectivity index (χ4n) is 6.67. The summed E-state index contributed by atoms with van der Waals surface area (Å²) in [7, 11) is 0. The molecule has 286 valence electrons. The number of hydrogen-bond donors (Lipinski definition) is 1. The first-order chi connectivity index (χ1) is 27.4. The molecule has 3 aliphatic carbocycles. The van der Waals surface area contributed by atoms with E-state index in [1.54, 1.807) is 0 Å². The lowest BCUT2D eigenvalue weighted by molar-refractivity contribution is 0.726. The summed E-state index contributed by atoms with van der Waals surface area (Å²) >= 11 is 0. The number of nitrogens with one attached hydrogen (secondary N) is 1. The Hall–Kier alpha value is -6.03. The predicted molar refractivity (Wildman–Crippen MR) is 246 cm³/mol. The lowest BCUT2D eigenvalue weighted by Crippen LogP contribution is -2.31. The summed E-state index contributed by atoms with van der Waals surface area (Å²) in [6.45, 7) is 17.3. The van der Waals surface area contributed by atoms with E-state index in [9.17, 15) is 0 Å². The second-order valence-electron chi connectivity index (χ2n) is 13.4. The Morgan fingerprint density at radius 2 is 1.50 bits per heavy atom. The van der Waals surface area contributed by atoms with Gasteiger partial charge in [0.05, 0.1) is 17.4 Å². The number of para-hydroxylation sites is 1. The van der Waals surface area contributed by atoms with Crippen molar-refractivity contribution >= 4 is 28.5 Å². The van der Waals surface area contributed by atoms with Gasteiger partial charge >= 0.3 is 0 Å². The Balaban J connectivity index is 0.000000241. The van der Waals surface area contributed by atoms with Crippen molar-refractivity contribution in [1.82, 2.24) is 9.88 Å². The maximum atomic E-state index is 5.20. The zero-order valence-corrected chi connectivity index (χ0v) is 34.8. The van der Waals surface area contributed by atoms with Crippen LogP contribution >= 0.6 is 0 Å². The Morgan fingerprint density at radius 3 is 2.12 bits per heavy atom. The molecule has 1 aromatic heterocycles. The Labute approximate surface area is 336 Å². The van der Waals surface area contributed by atoms with Crippen LogP contribution in [0, 0.1) is 26.2 Å². The average molecular weight is 738 g/mol. The highest BCUT2D eigenvalue weighted by atomic mass is 15.0. The normalized spacial score (nSPS) is 12.7. The van der Waals surface area contributed by atoms with Gasteiger partial charge in [0.1, 0.15) is 5.84 Å². The molecule has 3 aliphatic rings. The number of hydrogen-bond acceptors (Lipinski definition) is 1. The molecular weight excluding hydrogens is 679 g/mol. The minimum Gasteiger partial charge on any atom is -0.367 e. The molecule has 8 rings (SSSR count). The van der Waals surface area contributed by atoms with Crippen molar-refractivity contribution in [3.63, 3.8) is 0 Å². The molecule has 3 heteroatoms. The van der Waals surface area contributed by atoms with Crippen LogP contribution in [-0.4, -0.2) is 23.0 Å². The summed E-state index contributed by atoms with van der Waals surface area (Å²) < 4.78 is 2.31. The molecule has 1 N–H and O–H groups in total. The lowest BCUT2D eigenvalue weighted by Gasteiger charge is -2.13. The predicted octanol–water partition coefficient (Wildman–Crippen LogP) is 12.1. The Morgan fingerprint density at radius 1 is 0.821 bits per heavy atom. The maximum absolute atomic E-state index is 5.20. The molecule has 4 aromatic carbocycles. The number of aromatic nitrogens is 1. The number of nitrogens with zero attached hydrogens (tertiary/aromatic N) is 2. The van der Waals surface area contributed by atoms with E-state index >= 15 is 0 Å². The average Bonchev–Trinajstić information content (AvgIpc) is 4.08. The van der Waals surface area contributed by atoms with Gasteiger partial charge < -0.3 is 9.88 Å². The molecule has 0 atom stereocenters. The zero-order chi connectivity index (χ0) is 40.3. The van der Waals surface area contributed by atoms with Gasteiger partial charge in [-0.05, 0) is 123 Å². The number of aryl methyl sites for hydroxylation is 2. The Bertz CT molecular complexity index is 2420. The highest BCUT2D eigenvalue weighted by molar-refractivity contribution is 5.98. The number of fused-ring (bicyclic) bond motifs is 3. The quantitative estimate of drug-likeness (QED) is 0.0582. The molecular formula is C53H59N3. The molecule has 0 fully saturated rings. The molecule has 56 heavy (non-hydrogen) atoms. The molecule has 0 spiro atoms. The summed E-state index contributed by atoms with van der Waals surface area (Å²) in [6, 6.07) is 33.2. The molecule has 0 amide bonds. The van der Waals surface area contributed by atoms with Crippen LogP contribution in [0.25, 0.3) is 50.7 Å². The maximum Gasteiger partial charge on any atom is 0.132 e. The minimum absolute atomic E-state index is 0.393. The van der Waals surface area contributed by atoms with E-state index in [2.05, 4.69) is 187 Å². The van der Waals surface area contributed by atoms with Gasteiger partial charge in [0.25, 0.3) is 0 Å². The monoisotopic (exact) mass is 737 g/mol. The van der Waals surface area contributed by atoms with Gasteiger partial charge in [0, 0.05) is 34.3 Å². The highest BCUT2D eigenvalue weighted by Crippen LogP contribution is 2.31. The van der Waals surface area contributed by atoms with Crippen LogP contribution in [0.5, 0.6) is 0 Å². The fourth-order valence-corrected chi connectivity index (χ4v) is 6.67. The largest absolute Gasteiger partial charge is 0.367 e. The van der Waals surface area contributed by atoms with E-state index in [1.165, 1.54) is 60.8 Å². The van der Waals surface area contributed by atoms with E-state index in [0.29, 0.717) is 19.0 Å². The second kappa shape index (κ2) is 22.4. The van der Waals surface area contributed by atoms with E-state index in [4.69, 9.17) is 6.42 Å². The summed E-state index contributed by atoms with van der Waals surface area (Å²) in [5, 5.41) is 6.99. The first kappa shape index (κ1) is 42.7. The van der Waals surface area contributed by atoms with Gasteiger partial charge in [-0.15, -0.1) is 18.1 Å². The molecule has 0 bridgehead atoms. The third-order valence-corrected chi connectivity index (χ3v) is 9.19. The number of aliphatic imine (C=N–C) groups is 1. The van der Waals surface area contributed by atoms with E-state index < -0.39 is 0 Å². The molecule has 5 aromatic rings. The van der Waals surface area contributed by atoms with Crippen molar-refractivity contribution in [2.24, 2.45) is 4.99 Å². The third-order valence-electron chi connectivity index (χ3n) is 9.19. The Kier molecular flexibility index (Phi) is 17.1. The van der Waals surface area contributed by atoms with Crippen LogP contribution in [0.4, 0.5) is 0 Å². The standard InChI is InChI=1S/C31H23N.C13H18N2.C5H6.2C2H6/c1-21-9-6-7-12-26(21)27-17-15-23(19-22(27)2)24-16-18-31-29(20-24)28-13-8-14-30(28)32(31)25-10-4-3-5-11-25;1-4-5-10-14-13(15-11(2)3)12-8-6-7-9-12;1-2-4-5-3-1;2*1-2/h3-13,15-20H,1-2H3;1,6,11H,5,7,9-10H2,2-3H3,(H,14,15);1-4H,5H2;2*1-2H3. The van der Waals surface area contributed by atoms with Crippen molar-refractivity contribution in [2.75, 3.05) is 6.54 Å². The smallest absolute Gasteiger partial charge is 0.132 e. The van der Waals surface area contributed by atoms with Crippen molar-refractivity contribution in [2.45, 2.75) is 87.1 Å². The molecule has 0 aliphatic heterocycles. The molecule has 0 radical (unpaired) electrons. The summed E-state index contributed by atoms with van der Waals surface area (Å²) in [5.74, 6) is 3.56. The fraction of sp³-hybridized carbons (Fsp3) is 0.264. The summed E-state index contributed by atoms with van der Waals surface area (Å²) in [6.07, 6.45) is 23.8. The van der Waals surface area contributed by atoms with E-state index in [-0.39, 0.29) is 0 Å². The summed E-state index contributed by atoms with van der Waals surface area (Å²) in [4.78, 5) is 4.48. The minimum atomic E-state index is 0.393. The number of amidine groups is 1. The molecule has 0 saturated heterocycles. The van der Waals surface area contributed by atoms with Gasteiger partial charge in [0.15, 0.2) is 0 Å². The van der Waals surface area contributed by atoms with Crippen LogP contribution < -0.4 is 15.9 Å². The summed E-state index contributed by atoms with van der Waals surface area (Å²) in [5.41, 5.74) is 17.9. The number of rotatable bonds is 7. The van der Waals surface area contributed by atoms with Crippen LogP contribution in [0.15, 0.2) is 144 Å². The number of benzene rings is 4. The molecule has 0 saturated carbocycles. The van der Waals surface area contributed by atoms with Crippen LogP contribution in [0.1, 0.15) is 78.4 Å². The van der Waals surface area contributed by atoms with Crippen LogP contribution in [0.2, 0.25) is 0 Å². The van der Waals surface area contributed by atoms with Gasteiger partial charge in [-0.2, -0.15) is 0 Å². The van der Waals surface area contributed by atoms with E-state index in [0.717, 1.165) is 30.4 Å². The van der Waals surface area contributed by atoms with Gasteiger partial charge in [-0.3, -0.25) is 4.99 Å². The van der Waals surface area contributed by atoms with Crippen molar-refractivity contribution in [3.8, 4) is 40.3 Å². The number of allylic oxidation sites excluding steroid dienone is 5. The second-order valence-corrected chi connectivity index (χ2v) is 13.4. The molecule has 0 unspecified atom stereocenters. The molecule has 3 nitrogen and oxygen atoms in total. The van der Waals surface area contributed by atoms with E-state index in [1.807, 2.05) is 33.8 Å². The zero-order valence-electron chi connectivity index (χ0n) is 34.8. The molecule has 1 heterocycles. The third kappa shape index (κ3) is 11.0. The first-order valence-electron chi connectivity index (χ1n) is 20.3. The van der Waals surface area contributed by atoms with Gasteiger partial charge in [0.2, 0.25) is 0 Å². The number of terminal acetylenes is 1. The van der Waals surface area contributed by atoms with Gasteiger partial charge in [-0.25, -0.2) is 0 Å². The van der Waals surface area contributed by atoms with Crippen LogP contribution in [-0.2, 0) is 0 Å². The topological polar surface area (TPSA) is 29.3 Å².